The van der Waals surface area contributed by atoms with E-state index in [1.165, 1.54) is 17.2 Å². The number of oxime groups is 1. The van der Waals surface area contributed by atoms with E-state index in [9.17, 15) is 4.39 Å². The van der Waals surface area contributed by atoms with Crippen molar-refractivity contribution < 1.29 is 9.23 Å². The van der Waals surface area contributed by atoms with Gasteiger partial charge >= 0.3 is 0 Å². The Kier molecular flexibility index (Phi) is 5.31. The third kappa shape index (κ3) is 3.87. The highest BCUT2D eigenvalue weighted by Gasteiger charge is 2.18. The molecule has 0 saturated heterocycles. The molecule has 142 valence electrons. The van der Waals surface area contributed by atoms with Gasteiger partial charge in [-0.25, -0.2) is 4.39 Å². The lowest BCUT2D eigenvalue weighted by Crippen LogP contribution is -2.14. The van der Waals surface area contributed by atoms with Crippen LogP contribution in [0, 0.1) is 5.82 Å². The Morgan fingerprint density at radius 1 is 1.04 bits per heavy atom. The third-order valence-corrected chi connectivity index (χ3v) is 5.30. The topological polar surface area (TPSA) is 24.8 Å². The Hall–Kier alpha value is -2.85. The van der Waals surface area contributed by atoms with Crippen molar-refractivity contribution >= 4 is 23.0 Å². The van der Waals surface area contributed by atoms with Crippen molar-refractivity contribution in [3.8, 4) is 0 Å². The van der Waals surface area contributed by atoms with Crippen LogP contribution in [0.15, 0.2) is 71.9 Å². The molecule has 28 heavy (non-hydrogen) atoms. The molecule has 0 unspecified atom stereocenters. The fourth-order valence-electron chi connectivity index (χ4n) is 3.36. The van der Waals surface area contributed by atoms with Gasteiger partial charge in [0, 0.05) is 29.9 Å². The van der Waals surface area contributed by atoms with Gasteiger partial charge < -0.3 is 9.74 Å². The molecule has 0 fully saturated rings. The zero-order valence-electron chi connectivity index (χ0n) is 15.5. The summed E-state index contributed by atoms with van der Waals surface area (Å²) in [5.41, 5.74) is 5.87. The van der Waals surface area contributed by atoms with Crippen molar-refractivity contribution in [2.75, 3.05) is 4.90 Å². The molecule has 0 atom stereocenters. The van der Waals surface area contributed by atoms with Gasteiger partial charge in [-0.2, -0.15) is 0 Å². The number of anilines is 1. The number of nitrogens with zero attached hydrogens (tertiary/aromatic N) is 2. The summed E-state index contributed by atoms with van der Waals surface area (Å²) >= 11 is 6.02. The van der Waals surface area contributed by atoms with Gasteiger partial charge in [-0.15, -0.1) is 0 Å². The first-order valence-corrected chi connectivity index (χ1v) is 9.51. The van der Waals surface area contributed by atoms with Gasteiger partial charge in [0.25, 0.3) is 0 Å². The summed E-state index contributed by atoms with van der Waals surface area (Å²) in [7, 11) is 0. The Balaban J connectivity index is 1.46. The monoisotopic (exact) mass is 394 g/mol. The largest absolute Gasteiger partial charge is 0.391 e. The molecule has 4 rings (SSSR count). The first kappa shape index (κ1) is 18.5. The summed E-state index contributed by atoms with van der Waals surface area (Å²) in [6, 6.07) is 21.3. The first-order chi connectivity index (χ1) is 13.6. The van der Waals surface area contributed by atoms with Crippen molar-refractivity contribution in [2.45, 2.75) is 26.6 Å². The van der Waals surface area contributed by atoms with E-state index in [1.807, 2.05) is 19.1 Å². The second-order valence-electron chi connectivity index (χ2n) is 6.83. The van der Waals surface area contributed by atoms with Crippen molar-refractivity contribution in [1.29, 1.82) is 0 Å². The molecule has 0 amide bonds. The zero-order chi connectivity index (χ0) is 19.5. The van der Waals surface area contributed by atoms with Gasteiger partial charge in [0.1, 0.15) is 12.4 Å². The Morgan fingerprint density at radius 2 is 1.75 bits per heavy atom. The zero-order valence-corrected chi connectivity index (χ0v) is 16.3. The quantitative estimate of drug-likeness (QED) is 0.395. The fraction of sp³-hybridized carbons (Fsp3) is 0.174. The number of fused-ring (bicyclic) bond motifs is 1. The molecule has 0 aromatic heterocycles. The maximum atomic E-state index is 13.8. The lowest BCUT2D eigenvalue weighted by molar-refractivity contribution is 0.128. The van der Waals surface area contributed by atoms with Crippen LogP contribution in [0.3, 0.4) is 0 Å². The van der Waals surface area contributed by atoms with Gasteiger partial charge in [0.05, 0.1) is 10.7 Å². The van der Waals surface area contributed by atoms with Crippen LogP contribution in [0.2, 0.25) is 5.02 Å². The molecule has 0 saturated carbocycles. The molecular weight excluding hydrogens is 375 g/mol. The van der Waals surface area contributed by atoms with E-state index in [4.69, 9.17) is 16.4 Å². The molecule has 0 spiro atoms. The molecule has 5 heteroatoms. The summed E-state index contributed by atoms with van der Waals surface area (Å²) < 4.78 is 13.8. The Bertz CT molecular complexity index is 989. The van der Waals surface area contributed by atoms with Crippen LogP contribution in [0.1, 0.15) is 29.2 Å². The van der Waals surface area contributed by atoms with Crippen LogP contribution in [-0.2, 0) is 24.5 Å². The molecule has 0 bridgehead atoms. The molecular formula is C23H20ClFN2O. The normalized spacial score (nSPS) is 13.5. The van der Waals surface area contributed by atoms with E-state index in [0.29, 0.717) is 10.6 Å². The van der Waals surface area contributed by atoms with Crippen LogP contribution < -0.4 is 4.90 Å². The Morgan fingerprint density at radius 3 is 2.46 bits per heavy atom. The fourth-order valence-corrected chi connectivity index (χ4v) is 3.58. The van der Waals surface area contributed by atoms with Gasteiger partial charge in [0.2, 0.25) is 0 Å². The van der Waals surface area contributed by atoms with Gasteiger partial charge in [-0.1, -0.05) is 59.2 Å². The summed E-state index contributed by atoms with van der Waals surface area (Å²) in [6.45, 7) is 3.67. The Labute approximate surface area is 169 Å². The van der Waals surface area contributed by atoms with Crippen molar-refractivity contribution in [3.63, 3.8) is 0 Å². The van der Waals surface area contributed by atoms with Crippen molar-refractivity contribution in [2.24, 2.45) is 5.16 Å². The molecule has 3 aromatic carbocycles. The summed E-state index contributed by atoms with van der Waals surface area (Å²) in [5, 5.41) is 4.49. The third-order valence-electron chi connectivity index (χ3n) is 4.94. The minimum absolute atomic E-state index is 0.00995. The smallest absolute Gasteiger partial charge is 0.146 e. The van der Waals surface area contributed by atoms with E-state index >= 15 is 0 Å². The maximum Gasteiger partial charge on any atom is 0.146 e. The average molecular weight is 395 g/mol. The predicted octanol–water partition coefficient (Wildman–Crippen LogP) is 5.94. The second-order valence-corrected chi connectivity index (χ2v) is 7.23. The summed E-state index contributed by atoms with van der Waals surface area (Å²) in [6.07, 6.45) is 0. The van der Waals surface area contributed by atoms with E-state index < -0.39 is 5.82 Å². The second kappa shape index (κ2) is 8.03. The molecule has 3 aromatic rings. The first-order valence-electron chi connectivity index (χ1n) is 9.13. The maximum absolute atomic E-state index is 13.8. The molecule has 0 N–H and O–H groups in total. The minimum Gasteiger partial charge on any atom is -0.391 e. The predicted molar refractivity (Wildman–Crippen MR) is 111 cm³/mol. The molecule has 1 aliphatic heterocycles. The average Bonchev–Trinajstić information content (AvgIpc) is 3.14. The molecule has 1 heterocycles. The number of hydrogen-bond donors (Lipinski definition) is 0. The van der Waals surface area contributed by atoms with Crippen LogP contribution in [0.5, 0.6) is 0 Å². The highest BCUT2D eigenvalue weighted by Crippen LogP contribution is 2.28. The lowest BCUT2D eigenvalue weighted by atomic mass is 10.1. The standard InChI is InChI=1S/C23H20ClFN2O/c1-16(26-28-15-21-22(24)10-5-11-23(21)25)17-8-4-9-20(12-17)27-13-18-6-2-3-7-19(18)14-27/h2-12H,13-15H2,1H3. The van der Waals surface area contributed by atoms with Gasteiger partial charge in [-0.3, -0.25) is 0 Å². The number of benzene rings is 3. The van der Waals surface area contributed by atoms with Crippen LogP contribution >= 0.6 is 11.6 Å². The van der Waals surface area contributed by atoms with Gasteiger partial charge in [0.15, 0.2) is 0 Å². The molecule has 1 aliphatic rings. The van der Waals surface area contributed by atoms with Crippen molar-refractivity contribution in [1.82, 2.24) is 0 Å². The lowest BCUT2D eigenvalue weighted by Gasteiger charge is -2.18. The van der Waals surface area contributed by atoms with E-state index in [-0.39, 0.29) is 6.61 Å². The van der Waals surface area contributed by atoms with E-state index in [1.54, 1.807) is 12.1 Å². The van der Waals surface area contributed by atoms with E-state index in [0.717, 1.165) is 30.1 Å². The minimum atomic E-state index is -0.393. The van der Waals surface area contributed by atoms with Crippen LogP contribution in [0.4, 0.5) is 10.1 Å². The van der Waals surface area contributed by atoms with Crippen molar-refractivity contribution in [3.05, 3.63) is 99.8 Å². The number of hydrogen-bond acceptors (Lipinski definition) is 3. The van der Waals surface area contributed by atoms with E-state index in [2.05, 4.69) is 46.5 Å². The van der Waals surface area contributed by atoms with Crippen LogP contribution in [-0.4, -0.2) is 5.71 Å². The van der Waals surface area contributed by atoms with Crippen LogP contribution in [0.25, 0.3) is 0 Å². The molecule has 0 aliphatic carbocycles. The highest BCUT2D eigenvalue weighted by atomic mass is 35.5. The highest BCUT2D eigenvalue weighted by molar-refractivity contribution is 6.31. The molecule has 0 radical (unpaired) electrons. The molecule has 3 nitrogen and oxygen atoms in total. The summed E-state index contributed by atoms with van der Waals surface area (Å²) in [5.74, 6) is -0.393. The SMILES string of the molecule is CC(=NOCc1c(F)cccc1Cl)c1cccc(N2Cc3ccccc3C2)c1. The van der Waals surface area contributed by atoms with Gasteiger partial charge in [-0.05, 0) is 42.3 Å². The number of halogens is 2. The summed E-state index contributed by atoms with van der Waals surface area (Å²) in [4.78, 5) is 7.70. The number of rotatable bonds is 5.